The second-order valence-corrected chi connectivity index (χ2v) is 5.82. The predicted octanol–water partition coefficient (Wildman–Crippen LogP) is 1.92. The van der Waals surface area contributed by atoms with Crippen molar-refractivity contribution >= 4 is 11.8 Å². The number of pyridine rings is 1. The summed E-state index contributed by atoms with van der Waals surface area (Å²) in [6, 6.07) is 18.6. The molecule has 1 aromatic heterocycles. The summed E-state index contributed by atoms with van der Waals surface area (Å²) >= 11 is 0. The van der Waals surface area contributed by atoms with Crippen LogP contribution in [0.2, 0.25) is 0 Å². The fourth-order valence-electron chi connectivity index (χ4n) is 2.67. The van der Waals surface area contributed by atoms with Gasteiger partial charge in [-0.05, 0) is 42.0 Å². The highest BCUT2D eigenvalue weighted by Crippen LogP contribution is 2.11. The molecule has 1 radical (unpaired) electrons. The highest BCUT2D eigenvalue weighted by atomic mass is 16.2. The molecule has 3 rings (SSSR count). The predicted molar refractivity (Wildman–Crippen MR) is 103 cm³/mol. The van der Waals surface area contributed by atoms with E-state index in [-0.39, 0.29) is 18.0 Å². The molecule has 0 aliphatic carbocycles. The highest BCUT2D eigenvalue weighted by molar-refractivity contribution is 5.95. The fraction of sp³-hybridized carbons (Fsp3) is 0.0476. The zero-order valence-corrected chi connectivity index (χ0v) is 14.5. The molecule has 135 valence electrons. The van der Waals surface area contributed by atoms with Gasteiger partial charge in [0, 0.05) is 42.0 Å². The van der Waals surface area contributed by atoms with Crippen molar-refractivity contribution in [3.05, 3.63) is 106 Å². The molecule has 0 fully saturated rings. The number of hydrogen-bond acceptors (Lipinski definition) is 3. The monoisotopic (exact) mass is 360 g/mol. The molecule has 0 unspecified atom stereocenters. The zero-order valence-electron chi connectivity index (χ0n) is 14.5. The molecule has 0 saturated carbocycles. The third-order valence-corrected chi connectivity index (χ3v) is 4.04. The van der Waals surface area contributed by atoms with Crippen LogP contribution in [-0.4, -0.2) is 22.9 Å². The van der Waals surface area contributed by atoms with Gasteiger partial charge < -0.3 is 11.1 Å². The first-order chi connectivity index (χ1) is 13.1. The summed E-state index contributed by atoms with van der Waals surface area (Å²) in [4.78, 5) is 35.5. The molecule has 0 atom stereocenters. The largest absolute Gasteiger partial charge is 0.366 e. The SMILES string of the molecule is NC(=O)c1ccccc1[CH]CNC(=O)c1ccc(-n2ccccc2=O)cc1. The van der Waals surface area contributed by atoms with Gasteiger partial charge in [0.2, 0.25) is 5.91 Å². The quantitative estimate of drug-likeness (QED) is 0.703. The lowest BCUT2D eigenvalue weighted by atomic mass is 10.0. The van der Waals surface area contributed by atoms with Crippen LogP contribution in [0.5, 0.6) is 0 Å². The molecule has 0 saturated heterocycles. The first-order valence-electron chi connectivity index (χ1n) is 8.34. The summed E-state index contributed by atoms with van der Waals surface area (Å²) in [6.45, 7) is 0.253. The zero-order chi connectivity index (χ0) is 19.2. The van der Waals surface area contributed by atoms with Gasteiger partial charge in [-0.15, -0.1) is 0 Å². The average Bonchev–Trinajstić information content (AvgIpc) is 2.68. The highest BCUT2D eigenvalue weighted by Gasteiger charge is 2.09. The van der Waals surface area contributed by atoms with Crippen molar-refractivity contribution in [3.63, 3.8) is 0 Å². The fourth-order valence-corrected chi connectivity index (χ4v) is 2.67. The first-order valence-corrected chi connectivity index (χ1v) is 8.34. The standard InChI is InChI=1S/C21H18N3O3/c22-20(26)18-6-2-1-5-15(18)12-13-23-21(27)16-8-10-17(11-9-16)24-14-4-3-7-19(24)25/h1-12,14H,13H2,(H2,22,26)(H,23,27). The number of nitrogens with zero attached hydrogens (tertiary/aromatic N) is 1. The van der Waals surface area contributed by atoms with Crippen LogP contribution in [-0.2, 0) is 0 Å². The Bertz CT molecular complexity index is 1020. The Labute approximate surface area is 156 Å². The van der Waals surface area contributed by atoms with E-state index in [1.54, 1.807) is 73.3 Å². The van der Waals surface area contributed by atoms with E-state index in [1.165, 1.54) is 10.6 Å². The summed E-state index contributed by atoms with van der Waals surface area (Å²) in [5.74, 6) is -0.769. The summed E-state index contributed by atoms with van der Waals surface area (Å²) < 4.78 is 1.50. The van der Waals surface area contributed by atoms with Crippen molar-refractivity contribution in [2.75, 3.05) is 6.54 Å². The molecule has 1 heterocycles. The Balaban J connectivity index is 1.63. The number of amides is 2. The van der Waals surface area contributed by atoms with Gasteiger partial charge in [0.1, 0.15) is 0 Å². The van der Waals surface area contributed by atoms with Gasteiger partial charge in [-0.3, -0.25) is 19.0 Å². The van der Waals surface area contributed by atoms with Gasteiger partial charge in [0.15, 0.2) is 0 Å². The van der Waals surface area contributed by atoms with Crippen LogP contribution >= 0.6 is 0 Å². The number of benzene rings is 2. The van der Waals surface area contributed by atoms with E-state index in [4.69, 9.17) is 5.73 Å². The topological polar surface area (TPSA) is 94.2 Å². The normalized spacial score (nSPS) is 10.4. The number of primary amides is 1. The van der Waals surface area contributed by atoms with Gasteiger partial charge >= 0.3 is 0 Å². The van der Waals surface area contributed by atoms with Crippen molar-refractivity contribution in [3.8, 4) is 5.69 Å². The Morgan fingerprint density at radius 2 is 1.67 bits per heavy atom. The Morgan fingerprint density at radius 1 is 0.963 bits per heavy atom. The van der Waals surface area contributed by atoms with E-state index < -0.39 is 5.91 Å². The van der Waals surface area contributed by atoms with Crippen molar-refractivity contribution in [1.29, 1.82) is 0 Å². The molecule has 0 spiro atoms. The molecule has 0 aliphatic heterocycles. The van der Waals surface area contributed by atoms with Crippen molar-refractivity contribution in [1.82, 2.24) is 9.88 Å². The minimum absolute atomic E-state index is 0.141. The molecule has 6 heteroatoms. The number of nitrogens with two attached hydrogens (primary N) is 1. The van der Waals surface area contributed by atoms with Crippen LogP contribution in [0.3, 0.4) is 0 Å². The van der Waals surface area contributed by atoms with Crippen LogP contribution in [0.1, 0.15) is 26.3 Å². The summed E-state index contributed by atoms with van der Waals surface area (Å²) in [5, 5.41) is 2.77. The first kappa shape index (κ1) is 18.1. The van der Waals surface area contributed by atoms with Gasteiger partial charge in [0.05, 0.1) is 0 Å². The maximum Gasteiger partial charge on any atom is 0.255 e. The summed E-state index contributed by atoms with van der Waals surface area (Å²) in [7, 11) is 0. The van der Waals surface area contributed by atoms with Gasteiger partial charge in [-0.2, -0.15) is 0 Å². The number of carbonyl (C=O) groups excluding carboxylic acids is 2. The van der Waals surface area contributed by atoms with Crippen molar-refractivity contribution in [2.24, 2.45) is 5.73 Å². The third-order valence-electron chi connectivity index (χ3n) is 4.04. The lowest BCUT2D eigenvalue weighted by Gasteiger charge is -2.09. The number of carbonyl (C=O) groups is 2. The van der Waals surface area contributed by atoms with E-state index >= 15 is 0 Å². The minimum Gasteiger partial charge on any atom is -0.366 e. The third kappa shape index (κ3) is 4.30. The molecular formula is C21H18N3O3. The average molecular weight is 360 g/mol. The molecule has 3 aromatic rings. The van der Waals surface area contributed by atoms with Crippen LogP contribution in [0, 0.1) is 6.42 Å². The molecule has 2 amide bonds. The van der Waals surface area contributed by atoms with Gasteiger partial charge in [0.25, 0.3) is 11.5 Å². The van der Waals surface area contributed by atoms with Crippen molar-refractivity contribution in [2.45, 2.75) is 0 Å². The Morgan fingerprint density at radius 3 is 2.37 bits per heavy atom. The second kappa shape index (κ2) is 8.14. The molecule has 27 heavy (non-hydrogen) atoms. The van der Waals surface area contributed by atoms with E-state index in [9.17, 15) is 14.4 Å². The maximum absolute atomic E-state index is 12.3. The number of rotatable bonds is 6. The molecule has 6 nitrogen and oxygen atoms in total. The smallest absolute Gasteiger partial charge is 0.255 e. The molecule has 2 aromatic carbocycles. The second-order valence-electron chi connectivity index (χ2n) is 5.82. The van der Waals surface area contributed by atoms with Crippen molar-refractivity contribution < 1.29 is 9.59 Å². The molecule has 3 N–H and O–H groups in total. The van der Waals surface area contributed by atoms with Crippen LogP contribution in [0.15, 0.2) is 77.7 Å². The van der Waals surface area contributed by atoms with Crippen LogP contribution < -0.4 is 16.6 Å². The van der Waals surface area contributed by atoms with E-state index in [0.29, 0.717) is 22.4 Å². The molecule has 0 bridgehead atoms. The van der Waals surface area contributed by atoms with Gasteiger partial charge in [-0.1, -0.05) is 24.3 Å². The Kier molecular flexibility index (Phi) is 5.47. The van der Waals surface area contributed by atoms with Crippen LogP contribution in [0.4, 0.5) is 0 Å². The summed E-state index contributed by atoms with van der Waals surface area (Å²) in [6.07, 6.45) is 3.40. The van der Waals surface area contributed by atoms with E-state index in [2.05, 4.69) is 5.32 Å². The summed E-state index contributed by atoms with van der Waals surface area (Å²) in [5.41, 5.74) is 7.43. The van der Waals surface area contributed by atoms with E-state index in [1.807, 2.05) is 0 Å². The maximum atomic E-state index is 12.3. The number of nitrogens with one attached hydrogen (secondary N) is 1. The minimum atomic E-state index is -0.514. The molecule has 0 aliphatic rings. The Hall–Kier alpha value is -3.67. The molecular weight excluding hydrogens is 342 g/mol. The van der Waals surface area contributed by atoms with E-state index in [0.717, 1.165) is 0 Å². The van der Waals surface area contributed by atoms with Gasteiger partial charge in [-0.25, -0.2) is 0 Å². The number of hydrogen-bond donors (Lipinski definition) is 2. The van der Waals surface area contributed by atoms with Crippen LogP contribution in [0.25, 0.3) is 5.69 Å². The lowest BCUT2D eigenvalue weighted by Crippen LogP contribution is -2.25. The lowest BCUT2D eigenvalue weighted by molar-refractivity contribution is 0.0956. The number of aromatic nitrogens is 1.